The van der Waals surface area contributed by atoms with E-state index >= 15 is 0 Å². The molecule has 4 aromatic carbocycles. The SMILES string of the molecule is Cc1oc(-c2ccccc2)nc1COc1ccc(COc2ccc(-c3ccccc3)cc2CC(=O)O)cc1. The van der Waals surface area contributed by atoms with Crippen LogP contribution in [-0.4, -0.2) is 16.1 Å². The Morgan fingerprint density at radius 2 is 1.47 bits per heavy atom. The van der Waals surface area contributed by atoms with Crippen molar-refractivity contribution < 1.29 is 23.8 Å². The van der Waals surface area contributed by atoms with Gasteiger partial charge in [0.05, 0.1) is 6.42 Å². The molecule has 6 nitrogen and oxygen atoms in total. The third kappa shape index (κ3) is 6.10. The van der Waals surface area contributed by atoms with Gasteiger partial charge in [-0.05, 0) is 60.0 Å². The van der Waals surface area contributed by atoms with Gasteiger partial charge < -0.3 is 19.0 Å². The number of aromatic nitrogens is 1. The molecule has 5 aromatic rings. The van der Waals surface area contributed by atoms with E-state index in [0.717, 1.165) is 33.7 Å². The number of ether oxygens (including phenoxy) is 2. The lowest BCUT2D eigenvalue weighted by Gasteiger charge is -2.13. The van der Waals surface area contributed by atoms with Gasteiger partial charge in [0, 0.05) is 11.1 Å². The number of nitrogens with zero attached hydrogens (tertiary/aromatic N) is 1. The molecule has 0 saturated heterocycles. The number of oxazole rings is 1. The van der Waals surface area contributed by atoms with E-state index in [1.165, 1.54) is 0 Å². The van der Waals surface area contributed by atoms with Crippen molar-refractivity contribution >= 4 is 5.97 Å². The molecular weight excluding hydrogens is 478 g/mol. The average molecular weight is 506 g/mol. The molecule has 0 fully saturated rings. The Kier molecular flexibility index (Phi) is 7.50. The molecule has 0 aliphatic rings. The van der Waals surface area contributed by atoms with E-state index < -0.39 is 5.97 Å². The second-order valence-electron chi connectivity index (χ2n) is 8.87. The second kappa shape index (κ2) is 11.5. The number of aryl methyl sites for hydroxylation is 1. The summed E-state index contributed by atoms with van der Waals surface area (Å²) in [6.45, 7) is 2.48. The van der Waals surface area contributed by atoms with Crippen LogP contribution in [0.4, 0.5) is 0 Å². The van der Waals surface area contributed by atoms with Gasteiger partial charge in [-0.25, -0.2) is 4.98 Å². The van der Waals surface area contributed by atoms with Crippen LogP contribution in [0.5, 0.6) is 11.5 Å². The lowest BCUT2D eigenvalue weighted by molar-refractivity contribution is -0.136. The summed E-state index contributed by atoms with van der Waals surface area (Å²) in [5.41, 5.74) is 5.23. The third-order valence-corrected chi connectivity index (χ3v) is 6.12. The Morgan fingerprint density at radius 3 is 2.16 bits per heavy atom. The smallest absolute Gasteiger partial charge is 0.307 e. The molecule has 0 bridgehead atoms. The van der Waals surface area contributed by atoms with Crippen LogP contribution < -0.4 is 9.47 Å². The van der Waals surface area contributed by atoms with Crippen LogP contribution in [-0.2, 0) is 24.4 Å². The quantitative estimate of drug-likeness (QED) is 0.218. The van der Waals surface area contributed by atoms with Crippen LogP contribution in [0, 0.1) is 6.92 Å². The van der Waals surface area contributed by atoms with Crippen molar-refractivity contribution in [3.63, 3.8) is 0 Å². The molecule has 0 aliphatic heterocycles. The van der Waals surface area contributed by atoms with Gasteiger partial charge in [-0.1, -0.05) is 66.7 Å². The van der Waals surface area contributed by atoms with E-state index in [9.17, 15) is 9.90 Å². The second-order valence-corrected chi connectivity index (χ2v) is 8.87. The van der Waals surface area contributed by atoms with Gasteiger partial charge in [0.25, 0.3) is 0 Å². The van der Waals surface area contributed by atoms with Crippen LogP contribution in [0.1, 0.15) is 22.6 Å². The van der Waals surface area contributed by atoms with E-state index in [-0.39, 0.29) is 6.42 Å². The third-order valence-electron chi connectivity index (χ3n) is 6.12. The molecule has 0 amide bonds. The minimum Gasteiger partial charge on any atom is -0.489 e. The zero-order valence-corrected chi connectivity index (χ0v) is 21.0. The number of hydrogen-bond acceptors (Lipinski definition) is 5. The normalized spacial score (nSPS) is 10.8. The van der Waals surface area contributed by atoms with Gasteiger partial charge in [0.2, 0.25) is 5.89 Å². The maximum absolute atomic E-state index is 11.5. The van der Waals surface area contributed by atoms with Crippen LogP contribution in [0.3, 0.4) is 0 Å². The molecule has 6 heteroatoms. The predicted molar refractivity (Wildman–Crippen MR) is 145 cm³/mol. The van der Waals surface area contributed by atoms with E-state index in [4.69, 9.17) is 13.9 Å². The van der Waals surface area contributed by atoms with Crippen LogP contribution in [0.2, 0.25) is 0 Å². The standard InChI is InChI=1S/C32H27NO5/c1-22-29(33-32(38-22)25-10-6-3-7-11-25)21-36-28-15-12-23(13-16-28)20-37-30-17-14-26(18-27(30)19-31(34)35)24-8-4-2-5-9-24/h2-18H,19-21H2,1H3,(H,34,35). The van der Waals surface area contributed by atoms with E-state index in [2.05, 4.69) is 4.98 Å². The molecule has 0 radical (unpaired) electrons. The number of hydrogen-bond donors (Lipinski definition) is 1. The summed E-state index contributed by atoms with van der Waals surface area (Å²) in [5.74, 6) is 1.66. The first-order valence-corrected chi connectivity index (χ1v) is 12.3. The molecule has 190 valence electrons. The Balaban J connectivity index is 1.21. The Hall–Kier alpha value is -4.84. The van der Waals surface area contributed by atoms with Crippen molar-refractivity contribution in [2.75, 3.05) is 0 Å². The highest BCUT2D eigenvalue weighted by Gasteiger charge is 2.13. The number of benzene rings is 4. The van der Waals surface area contributed by atoms with E-state index in [0.29, 0.717) is 36.2 Å². The van der Waals surface area contributed by atoms with Gasteiger partial charge >= 0.3 is 5.97 Å². The summed E-state index contributed by atoms with van der Waals surface area (Å²) in [4.78, 5) is 16.0. The molecular formula is C32H27NO5. The first kappa shape index (κ1) is 24.8. The van der Waals surface area contributed by atoms with Crippen LogP contribution in [0.15, 0.2) is 108 Å². The van der Waals surface area contributed by atoms with Gasteiger partial charge in [0.15, 0.2) is 0 Å². The largest absolute Gasteiger partial charge is 0.489 e. The summed E-state index contributed by atoms with van der Waals surface area (Å²) < 4.78 is 17.8. The maximum atomic E-state index is 11.5. The van der Waals surface area contributed by atoms with Crippen molar-refractivity contribution in [2.45, 2.75) is 26.6 Å². The summed E-state index contributed by atoms with van der Waals surface area (Å²) in [7, 11) is 0. The molecule has 1 N–H and O–H groups in total. The lowest BCUT2D eigenvalue weighted by Crippen LogP contribution is -2.05. The van der Waals surface area contributed by atoms with Crippen molar-refractivity contribution in [1.29, 1.82) is 0 Å². The van der Waals surface area contributed by atoms with Crippen LogP contribution >= 0.6 is 0 Å². The molecule has 1 heterocycles. The molecule has 0 atom stereocenters. The molecule has 38 heavy (non-hydrogen) atoms. The number of carboxylic acids is 1. The molecule has 0 aliphatic carbocycles. The fourth-order valence-corrected chi connectivity index (χ4v) is 4.09. The highest BCUT2D eigenvalue weighted by molar-refractivity contribution is 5.74. The first-order chi connectivity index (χ1) is 18.5. The van der Waals surface area contributed by atoms with Gasteiger partial charge in [-0.3, -0.25) is 4.79 Å². The van der Waals surface area contributed by atoms with Crippen molar-refractivity contribution in [3.8, 4) is 34.1 Å². The highest BCUT2D eigenvalue weighted by Crippen LogP contribution is 2.28. The number of aliphatic carboxylic acids is 1. The van der Waals surface area contributed by atoms with Gasteiger partial charge in [-0.15, -0.1) is 0 Å². The Morgan fingerprint density at radius 1 is 0.789 bits per heavy atom. The van der Waals surface area contributed by atoms with Crippen molar-refractivity contribution in [2.24, 2.45) is 0 Å². The van der Waals surface area contributed by atoms with Gasteiger partial charge in [0.1, 0.15) is 36.2 Å². The maximum Gasteiger partial charge on any atom is 0.307 e. The summed E-state index contributed by atoms with van der Waals surface area (Å²) in [6, 6.07) is 32.9. The minimum absolute atomic E-state index is 0.115. The first-order valence-electron chi connectivity index (χ1n) is 12.3. The zero-order valence-electron chi connectivity index (χ0n) is 21.0. The predicted octanol–water partition coefficient (Wildman–Crippen LogP) is 7.10. The summed E-state index contributed by atoms with van der Waals surface area (Å²) in [6.07, 6.45) is -0.115. The van der Waals surface area contributed by atoms with Crippen LogP contribution in [0.25, 0.3) is 22.6 Å². The number of rotatable bonds is 10. The fourth-order valence-electron chi connectivity index (χ4n) is 4.09. The number of carbonyl (C=O) groups is 1. The topological polar surface area (TPSA) is 81.8 Å². The van der Waals surface area contributed by atoms with E-state index in [1.807, 2.05) is 110 Å². The molecule has 0 spiro atoms. The minimum atomic E-state index is -0.903. The lowest BCUT2D eigenvalue weighted by atomic mass is 10.0. The molecule has 0 saturated carbocycles. The zero-order chi connectivity index (χ0) is 26.3. The monoisotopic (exact) mass is 505 g/mol. The summed E-state index contributed by atoms with van der Waals surface area (Å²) in [5, 5.41) is 9.40. The number of carboxylic acid groups (broad SMARTS) is 1. The van der Waals surface area contributed by atoms with E-state index in [1.54, 1.807) is 0 Å². The highest BCUT2D eigenvalue weighted by atomic mass is 16.5. The van der Waals surface area contributed by atoms with Gasteiger partial charge in [-0.2, -0.15) is 0 Å². The fraction of sp³-hybridized carbons (Fsp3) is 0.125. The Labute approximate surface area is 221 Å². The summed E-state index contributed by atoms with van der Waals surface area (Å²) >= 11 is 0. The Bertz CT molecular complexity index is 1510. The van der Waals surface area contributed by atoms with Crippen molar-refractivity contribution in [3.05, 3.63) is 126 Å². The molecule has 0 unspecified atom stereocenters. The average Bonchev–Trinajstić information content (AvgIpc) is 3.32. The van der Waals surface area contributed by atoms with Crippen molar-refractivity contribution in [1.82, 2.24) is 4.98 Å². The molecule has 1 aromatic heterocycles. The molecule has 5 rings (SSSR count).